The predicted molar refractivity (Wildman–Crippen MR) is 56.2 cm³/mol. The average molecular weight is 334 g/mol. The Morgan fingerprint density at radius 3 is 1.45 bits per heavy atom. The number of aliphatic hydroxyl groups is 1. The van der Waals surface area contributed by atoms with Gasteiger partial charge in [-0.05, 0) is 19.6 Å². The van der Waals surface area contributed by atoms with Gasteiger partial charge in [-0.2, -0.15) is 35.1 Å². The maximum Gasteiger partial charge on any atom is 0.380 e. The summed E-state index contributed by atoms with van der Waals surface area (Å²) in [6, 6.07) is 0. The fourth-order valence-electron chi connectivity index (χ4n) is 0.956. The highest BCUT2D eigenvalue weighted by molar-refractivity contribution is 6.69. The molecule has 1 N–H and O–H groups in total. The summed E-state index contributed by atoms with van der Waals surface area (Å²) in [7, 11) is -2.75. The van der Waals surface area contributed by atoms with E-state index in [0.29, 0.717) is 0 Å². The van der Waals surface area contributed by atoms with Gasteiger partial charge in [-0.15, -0.1) is 0 Å². The van der Waals surface area contributed by atoms with Crippen molar-refractivity contribution in [1.82, 2.24) is 0 Å². The Hall–Kier alpha value is -0.423. The van der Waals surface area contributed by atoms with Crippen LogP contribution in [0, 0.1) is 0 Å². The normalized spacial score (nSPS) is 15.6. The maximum absolute atomic E-state index is 13.1. The van der Waals surface area contributed by atoms with Crippen molar-refractivity contribution < 1.29 is 44.7 Å². The molecule has 0 spiro atoms. The molecule has 0 fully saturated rings. The molecule has 0 bridgehead atoms. The van der Waals surface area contributed by atoms with Crippen LogP contribution in [-0.4, -0.2) is 50.3 Å². The van der Waals surface area contributed by atoms with Crippen molar-refractivity contribution in [3.8, 4) is 0 Å². The van der Waals surface area contributed by atoms with E-state index in [-0.39, 0.29) is 0 Å². The minimum absolute atomic E-state index is 1.32. The van der Waals surface area contributed by atoms with Crippen LogP contribution in [0.2, 0.25) is 19.6 Å². The molecule has 0 rings (SSSR count). The molecule has 0 unspecified atom stereocenters. The largest absolute Gasteiger partial charge is 0.411 e. The third-order valence-electron chi connectivity index (χ3n) is 2.20. The van der Waals surface area contributed by atoms with Crippen LogP contribution in [0.25, 0.3) is 0 Å². The standard InChI is InChI=1S/C9H14F8O2Si/c1-20(2,3)19-5-7(12,13)9(16,17)8(14,15)6(10,11)4-18/h18H,4-5H2,1-3H3. The summed E-state index contributed by atoms with van der Waals surface area (Å²) >= 11 is 0. The van der Waals surface area contributed by atoms with Crippen molar-refractivity contribution in [2.45, 2.75) is 43.3 Å². The monoisotopic (exact) mass is 334 g/mol. The van der Waals surface area contributed by atoms with Crippen LogP contribution in [0.15, 0.2) is 0 Å². The van der Waals surface area contributed by atoms with Crippen molar-refractivity contribution in [3.63, 3.8) is 0 Å². The van der Waals surface area contributed by atoms with Gasteiger partial charge >= 0.3 is 23.7 Å². The summed E-state index contributed by atoms with van der Waals surface area (Å²) in [6.45, 7) is -0.849. The second-order valence-corrected chi connectivity index (χ2v) is 9.63. The number of hydrogen-bond acceptors (Lipinski definition) is 2. The molecule has 0 aromatic rings. The first kappa shape index (κ1) is 19.6. The smallest absolute Gasteiger partial charge is 0.380 e. The van der Waals surface area contributed by atoms with Crippen molar-refractivity contribution in [2.24, 2.45) is 0 Å². The zero-order valence-corrected chi connectivity index (χ0v) is 11.8. The predicted octanol–water partition coefficient (Wildman–Crippen LogP) is 3.37. The highest BCUT2D eigenvalue weighted by Crippen LogP contribution is 2.52. The van der Waals surface area contributed by atoms with Gasteiger partial charge in [0.05, 0.1) is 0 Å². The van der Waals surface area contributed by atoms with E-state index in [1.54, 1.807) is 0 Å². The van der Waals surface area contributed by atoms with Crippen LogP contribution in [0.5, 0.6) is 0 Å². The third kappa shape index (κ3) is 3.61. The zero-order chi connectivity index (χ0) is 16.6. The average Bonchev–Trinajstić information content (AvgIpc) is 2.24. The summed E-state index contributed by atoms with van der Waals surface area (Å²) < 4.78 is 108. The minimum Gasteiger partial charge on any atom is -0.411 e. The molecule has 0 aromatic heterocycles. The molecule has 0 saturated heterocycles. The zero-order valence-electron chi connectivity index (χ0n) is 10.8. The van der Waals surface area contributed by atoms with E-state index >= 15 is 0 Å². The molecule has 0 heterocycles. The molecule has 2 nitrogen and oxygen atoms in total. The third-order valence-corrected chi connectivity index (χ3v) is 3.21. The Bertz CT molecular complexity index is 339. The Kier molecular flexibility index (Phi) is 5.29. The van der Waals surface area contributed by atoms with Gasteiger partial charge in [-0.3, -0.25) is 0 Å². The van der Waals surface area contributed by atoms with E-state index in [4.69, 9.17) is 5.11 Å². The van der Waals surface area contributed by atoms with Crippen LogP contribution in [0.1, 0.15) is 0 Å². The van der Waals surface area contributed by atoms with E-state index in [1.165, 1.54) is 19.6 Å². The molecule has 0 aliphatic rings. The molecule has 0 radical (unpaired) electrons. The molecular formula is C9H14F8O2Si. The Morgan fingerprint density at radius 2 is 1.15 bits per heavy atom. The molecule has 0 amide bonds. The fourth-order valence-corrected chi connectivity index (χ4v) is 1.57. The fraction of sp³-hybridized carbons (Fsp3) is 1.00. The van der Waals surface area contributed by atoms with Gasteiger partial charge in [0.1, 0.15) is 13.2 Å². The lowest BCUT2D eigenvalue weighted by molar-refractivity contribution is -0.373. The quantitative estimate of drug-likeness (QED) is 0.571. The van der Waals surface area contributed by atoms with Crippen molar-refractivity contribution >= 4 is 8.32 Å². The van der Waals surface area contributed by atoms with Gasteiger partial charge in [0.25, 0.3) is 0 Å². The Morgan fingerprint density at radius 1 is 0.800 bits per heavy atom. The Balaban J connectivity index is 5.39. The second kappa shape index (κ2) is 5.41. The van der Waals surface area contributed by atoms with E-state index < -0.39 is 45.2 Å². The van der Waals surface area contributed by atoms with E-state index in [0.717, 1.165) is 0 Å². The number of alkyl halides is 8. The summed E-state index contributed by atoms with van der Waals surface area (Å²) in [5, 5.41) is 7.99. The van der Waals surface area contributed by atoms with Crippen molar-refractivity contribution in [2.75, 3.05) is 13.2 Å². The molecule has 0 aliphatic carbocycles. The molecular weight excluding hydrogens is 320 g/mol. The lowest BCUT2D eigenvalue weighted by atomic mass is 9.99. The van der Waals surface area contributed by atoms with Crippen LogP contribution in [0.4, 0.5) is 35.1 Å². The first-order valence-electron chi connectivity index (χ1n) is 5.28. The van der Waals surface area contributed by atoms with Gasteiger partial charge in [0, 0.05) is 0 Å². The lowest BCUT2D eigenvalue weighted by Gasteiger charge is -2.36. The van der Waals surface area contributed by atoms with Gasteiger partial charge in [0.2, 0.25) is 0 Å². The van der Waals surface area contributed by atoms with Gasteiger partial charge < -0.3 is 9.53 Å². The van der Waals surface area contributed by atoms with Crippen molar-refractivity contribution in [3.05, 3.63) is 0 Å². The second-order valence-electron chi connectivity index (χ2n) is 5.12. The van der Waals surface area contributed by atoms with E-state index in [1.807, 2.05) is 0 Å². The SMILES string of the molecule is C[Si](C)(C)OCC(F)(F)C(F)(F)C(F)(F)C(F)(F)CO. The summed E-state index contributed by atoms with van der Waals surface area (Å²) in [5.74, 6) is -24.0. The van der Waals surface area contributed by atoms with Crippen molar-refractivity contribution in [1.29, 1.82) is 0 Å². The molecule has 0 aromatic carbocycles. The Labute approximate surface area is 110 Å². The number of rotatable bonds is 7. The van der Waals surface area contributed by atoms with Gasteiger partial charge in [-0.1, -0.05) is 0 Å². The molecule has 0 saturated carbocycles. The molecule has 20 heavy (non-hydrogen) atoms. The topological polar surface area (TPSA) is 29.5 Å². The number of aliphatic hydroxyl groups excluding tert-OH is 1. The molecule has 0 aliphatic heterocycles. The van der Waals surface area contributed by atoms with E-state index in [9.17, 15) is 35.1 Å². The summed E-state index contributed by atoms with van der Waals surface area (Å²) in [5.41, 5.74) is 0. The van der Waals surface area contributed by atoms with Crippen LogP contribution < -0.4 is 0 Å². The maximum atomic E-state index is 13.1. The van der Waals surface area contributed by atoms with Gasteiger partial charge in [0.15, 0.2) is 8.32 Å². The summed E-state index contributed by atoms with van der Waals surface area (Å²) in [6.07, 6.45) is 0. The number of hydrogen-bond donors (Lipinski definition) is 1. The molecule has 11 heteroatoms. The molecule has 0 atom stereocenters. The minimum atomic E-state index is -6.43. The lowest BCUT2D eigenvalue weighted by Crippen LogP contribution is -2.64. The molecule has 122 valence electrons. The van der Waals surface area contributed by atoms with Gasteiger partial charge in [-0.25, -0.2) is 0 Å². The van der Waals surface area contributed by atoms with Crippen LogP contribution >= 0.6 is 0 Å². The number of halogens is 8. The highest BCUT2D eigenvalue weighted by Gasteiger charge is 2.80. The first-order chi connectivity index (χ1) is 8.52. The summed E-state index contributed by atoms with van der Waals surface area (Å²) in [4.78, 5) is 0. The first-order valence-corrected chi connectivity index (χ1v) is 8.69. The van der Waals surface area contributed by atoms with E-state index in [2.05, 4.69) is 4.43 Å². The van der Waals surface area contributed by atoms with Crippen LogP contribution in [-0.2, 0) is 4.43 Å². The van der Waals surface area contributed by atoms with Crippen LogP contribution in [0.3, 0.4) is 0 Å². The highest BCUT2D eigenvalue weighted by atomic mass is 28.4.